The second-order valence-electron chi connectivity index (χ2n) is 3.72. The predicted molar refractivity (Wildman–Crippen MR) is 61.0 cm³/mol. The summed E-state index contributed by atoms with van der Waals surface area (Å²) in [6.45, 7) is 0.749. The molecule has 0 spiro atoms. The fraction of sp³-hybridized carbons (Fsp3) is 0.455. The van der Waals surface area contributed by atoms with Crippen molar-refractivity contribution in [2.45, 2.75) is 12.5 Å². The first-order chi connectivity index (χ1) is 8.15. The summed E-state index contributed by atoms with van der Waals surface area (Å²) in [7, 11) is 0. The summed E-state index contributed by atoms with van der Waals surface area (Å²) >= 11 is 5.74. The Morgan fingerprint density at radius 1 is 1.47 bits per heavy atom. The number of ether oxygens (including phenoxy) is 2. The molecule has 2 rings (SSSR count). The third-order valence-corrected chi connectivity index (χ3v) is 2.80. The fourth-order valence-corrected chi connectivity index (χ4v) is 1.89. The topological polar surface area (TPSA) is 64.7 Å². The van der Waals surface area contributed by atoms with Crippen LogP contribution in [-0.2, 0) is 0 Å². The lowest BCUT2D eigenvalue weighted by Crippen LogP contribution is -2.15. The molecule has 1 aromatic carbocycles. The number of aliphatic hydroxyl groups is 1. The molecule has 6 heteroatoms. The number of halogens is 2. The van der Waals surface area contributed by atoms with Crippen LogP contribution in [0.15, 0.2) is 6.07 Å². The second kappa shape index (κ2) is 5.08. The van der Waals surface area contributed by atoms with E-state index < -0.39 is 11.9 Å². The predicted octanol–water partition coefficient (Wildman–Crippen LogP) is 1.63. The number of nitrogens with two attached hydrogens (primary N) is 1. The van der Waals surface area contributed by atoms with Crippen LogP contribution in [-0.4, -0.2) is 24.9 Å². The average Bonchev–Trinajstić information content (AvgIpc) is 2.55. The smallest absolute Gasteiger partial charge is 0.170 e. The maximum absolute atomic E-state index is 13.9. The van der Waals surface area contributed by atoms with Gasteiger partial charge in [0.15, 0.2) is 17.3 Å². The molecule has 94 valence electrons. The average molecular weight is 262 g/mol. The quantitative estimate of drug-likeness (QED) is 0.849. The molecule has 0 aliphatic carbocycles. The largest absolute Gasteiger partial charge is 0.489 e. The Morgan fingerprint density at radius 3 is 2.88 bits per heavy atom. The summed E-state index contributed by atoms with van der Waals surface area (Å²) in [5, 5.41) is 9.61. The molecular weight excluding hydrogens is 249 g/mol. The SMILES string of the molecule is NCC(O)c1c(F)c(Cl)cc2c1OCCCO2. The van der Waals surface area contributed by atoms with Gasteiger partial charge in [-0.05, 0) is 0 Å². The van der Waals surface area contributed by atoms with E-state index >= 15 is 0 Å². The number of rotatable bonds is 2. The van der Waals surface area contributed by atoms with E-state index in [4.69, 9.17) is 26.8 Å². The van der Waals surface area contributed by atoms with Gasteiger partial charge in [-0.3, -0.25) is 0 Å². The van der Waals surface area contributed by atoms with Crippen molar-refractivity contribution < 1.29 is 19.0 Å². The van der Waals surface area contributed by atoms with Crippen LogP contribution in [0, 0.1) is 5.82 Å². The first kappa shape index (κ1) is 12.4. The van der Waals surface area contributed by atoms with E-state index in [9.17, 15) is 9.50 Å². The molecule has 0 saturated heterocycles. The number of fused-ring (bicyclic) bond motifs is 1. The first-order valence-electron chi connectivity index (χ1n) is 5.30. The molecule has 0 saturated carbocycles. The molecule has 1 aliphatic heterocycles. The molecule has 1 atom stereocenters. The van der Waals surface area contributed by atoms with Gasteiger partial charge in [-0.15, -0.1) is 0 Å². The van der Waals surface area contributed by atoms with Gasteiger partial charge in [-0.2, -0.15) is 0 Å². The Morgan fingerprint density at radius 2 is 2.18 bits per heavy atom. The minimum Gasteiger partial charge on any atom is -0.489 e. The van der Waals surface area contributed by atoms with Crippen LogP contribution in [0.25, 0.3) is 0 Å². The normalized spacial score (nSPS) is 16.5. The van der Waals surface area contributed by atoms with E-state index in [0.717, 1.165) is 0 Å². The number of hydrogen-bond donors (Lipinski definition) is 2. The molecule has 1 aliphatic rings. The van der Waals surface area contributed by atoms with Crippen LogP contribution in [0.2, 0.25) is 5.02 Å². The van der Waals surface area contributed by atoms with Crippen molar-refractivity contribution in [3.63, 3.8) is 0 Å². The van der Waals surface area contributed by atoms with Crippen LogP contribution < -0.4 is 15.2 Å². The molecular formula is C11H13ClFNO3. The highest BCUT2D eigenvalue weighted by atomic mass is 35.5. The molecule has 1 unspecified atom stereocenters. The second-order valence-corrected chi connectivity index (χ2v) is 4.12. The number of aliphatic hydroxyl groups excluding tert-OH is 1. The first-order valence-corrected chi connectivity index (χ1v) is 5.68. The van der Waals surface area contributed by atoms with Crippen molar-refractivity contribution in [3.05, 3.63) is 22.5 Å². The molecule has 3 N–H and O–H groups in total. The van der Waals surface area contributed by atoms with E-state index in [1.165, 1.54) is 6.07 Å². The molecule has 1 aromatic rings. The molecule has 0 bridgehead atoms. The zero-order valence-corrected chi connectivity index (χ0v) is 9.84. The molecule has 1 heterocycles. The van der Waals surface area contributed by atoms with E-state index in [-0.39, 0.29) is 22.9 Å². The molecule has 0 aromatic heterocycles. The van der Waals surface area contributed by atoms with Crippen LogP contribution in [0.3, 0.4) is 0 Å². The van der Waals surface area contributed by atoms with Crippen molar-refractivity contribution >= 4 is 11.6 Å². The summed E-state index contributed by atoms with van der Waals surface area (Å²) in [5.74, 6) is -0.174. The van der Waals surface area contributed by atoms with Gasteiger partial charge in [0.1, 0.15) is 0 Å². The van der Waals surface area contributed by atoms with Gasteiger partial charge in [0.25, 0.3) is 0 Å². The van der Waals surface area contributed by atoms with E-state index in [1.807, 2.05) is 0 Å². The lowest BCUT2D eigenvalue weighted by molar-refractivity contribution is 0.174. The highest BCUT2D eigenvalue weighted by Crippen LogP contribution is 2.41. The van der Waals surface area contributed by atoms with E-state index in [1.54, 1.807) is 0 Å². The Bertz CT molecular complexity index is 428. The Labute approximate surface area is 103 Å². The zero-order chi connectivity index (χ0) is 12.4. The molecule has 0 radical (unpaired) electrons. The van der Waals surface area contributed by atoms with Crippen LogP contribution in [0.4, 0.5) is 4.39 Å². The third-order valence-electron chi connectivity index (χ3n) is 2.52. The Hall–Kier alpha value is -1.04. The third kappa shape index (κ3) is 2.31. The van der Waals surface area contributed by atoms with Crippen molar-refractivity contribution in [3.8, 4) is 11.5 Å². The highest BCUT2D eigenvalue weighted by Gasteiger charge is 2.25. The lowest BCUT2D eigenvalue weighted by Gasteiger charge is -2.17. The van der Waals surface area contributed by atoms with Gasteiger partial charge in [-0.25, -0.2) is 4.39 Å². The van der Waals surface area contributed by atoms with Crippen molar-refractivity contribution in [2.75, 3.05) is 19.8 Å². The summed E-state index contributed by atoms with van der Waals surface area (Å²) in [5.41, 5.74) is 5.31. The lowest BCUT2D eigenvalue weighted by atomic mass is 10.1. The van der Waals surface area contributed by atoms with Crippen molar-refractivity contribution in [1.82, 2.24) is 0 Å². The highest BCUT2D eigenvalue weighted by molar-refractivity contribution is 6.31. The Balaban J connectivity index is 2.57. The summed E-state index contributed by atoms with van der Waals surface area (Å²) in [4.78, 5) is 0. The summed E-state index contributed by atoms with van der Waals surface area (Å²) in [6, 6.07) is 1.35. The van der Waals surface area contributed by atoms with Gasteiger partial charge in [-0.1, -0.05) is 11.6 Å². The van der Waals surface area contributed by atoms with Gasteiger partial charge >= 0.3 is 0 Å². The summed E-state index contributed by atoms with van der Waals surface area (Å²) in [6.07, 6.45) is -0.476. The standard InChI is InChI=1S/C11H13ClFNO3/c12-6-4-8-11(17-3-1-2-16-8)9(10(6)13)7(15)5-14/h4,7,15H,1-3,5,14H2. The summed E-state index contributed by atoms with van der Waals surface area (Å²) < 4.78 is 24.7. The van der Waals surface area contributed by atoms with Gasteiger partial charge in [0, 0.05) is 19.0 Å². The fourth-order valence-electron chi connectivity index (χ4n) is 1.69. The van der Waals surface area contributed by atoms with Gasteiger partial charge < -0.3 is 20.3 Å². The number of hydrogen-bond acceptors (Lipinski definition) is 4. The minimum atomic E-state index is -1.16. The monoisotopic (exact) mass is 261 g/mol. The molecule has 0 amide bonds. The zero-order valence-electron chi connectivity index (χ0n) is 9.08. The number of benzene rings is 1. The minimum absolute atomic E-state index is 0.0306. The van der Waals surface area contributed by atoms with E-state index in [0.29, 0.717) is 25.4 Å². The van der Waals surface area contributed by atoms with Crippen LogP contribution in [0.1, 0.15) is 18.1 Å². The van der Waals surface area contributed by atoms with E-state index in [2.05, 4.69) is 0 Å². The molecule has 0 fully saturated rings. The molecule has 17 heavy (non-hydrogen) atoms. The maximum Gasteiger partial charge on any atom is 0.170 e. The molecule has 4 nitrogen and oxygen atoms in total. The van der Waals surface area contributed by atoms with Crippen molar-refractivity contribution in [2.24, 2.45) is 5.73 Å². The van der Waals surface area contributed by atoms with Gasteiger partial charge in [0.05, 0.1) is 29.9 Å². The Kier molecular flexibility index (Phi) is 3.71. The van der Waals surface area contributed by atoms with Crippen molar-refractivity contribution in [1.29, 1.82) is 0 Å². The van der Waals surface area contributed by atoms with Crippen LogP contribution >= 0.6 is 11.6 Å². The van der Waals surface area contributed by atoms with Gasteiger partial charge in [0.2, 0.25) is 0 Å². The maximum atomic E-state index is 13.9. The van der Waals surface area contributed by atoms with Crippen LogP contribution in [0.5, 0.6) is 11.5 Å².